The van der Waals surface area contributed by atoms with Crippen molar-refractivity contribution in [3.8, 4) is 11.1 Å². The smallest absolute Gasteiger partial charge is 0.252 e. The van der Waals surface area contributed by atoms with Crippen molar-refractivity contribution in [1.82, 2.24) is 19.7 Å². The second-order valence-corrected chi connectivity index (χ2v) is 8.07. The third kappa shape index (κ3) is 4.32. The highest BCUT2D eigenvalue weighted by Crippen LogP contribution is 2.35. The first-order valence-electron chi connectivity index (χ1n) is 10.5. The summed E-state index contributed by atoms with van der Waals surface area (Å²) in [5, 5.41) is 8.16. The molecule has 4 rings (SSSR count). The Kier molecular flexibility index (Phi) is 6.25. The number of amides is 1. The quantitative estimate of drug-likeness (QED) is 0.398. The van der Waals surface area contributed by atoms with Gasteiger partial charge >= 0.3 is 0 Å². The molecule has 3 N–H and O–H groups in total. The molecule has 176 valence electrons. The Labute approximate surface area is 194 Å². The van der Waals surface area contributed by atoms with Gasteiger partial charge in [-0.1, -0.05) is 0 Å². The molecule has 1 unspecified atom stereocenters. The molecule has 0 aliphatic carbocycles. The van der Waals surface area contributed by atoms with E-state index in [-0.39, 0.29) is 34.9 Å². The van der Waals surface area contributed by atoms with Crippen LogP contribution in [0.3, 0.4) is 0 Å². The van der Waals surface area contributed by atoms with Gasteiger partial charge in [-0.05, 0) is 37.6 Å². The normalized spacial score (nSPS) is 12.2. The third-order valence-corrected chi connectivity index (χ3v) is 5.53. The summed E-state index contributed by atoms with van der Waals surface area (Å²) in [6, 6.07) is 5.33. The van der Waals surface area contributed by atoms with Gasteiger partial charge in [0.15, 0.2) is 0 Å². The van der Waals surface area contributed by atoms with Crippen molar-refractivity contribution < 1.29 is 18.3 Å². The van der Waals surface area contributed by atoms with E-state index in [0.29, 0.717) is 16.8 Å². The van der Waals surface area contributed by atoms with Crippen molar-refractivity contribution in [2.75, 3.05) is 12.4 Å². The highest BCUT2D eigenvalue weighted by Gasteiger charge is 2.21. The molecule has 3 heterocycles. The maximum absolute atomic E-state index is 15.0. The van der Waals surface area contributed by atoms with E-state index in [0.717, 1.165) is 11.3 Å². The van der Waals surface area contributed by atoms with Crippen LogP contribution in [0.2, 0.25) is 0 Å². The van der Waals surface area contributed by atoms with Crippen LogP contribution in [0.15, 0.2) is 36.7 Å². The van der Waals surface area contributed by atoms with Gasteiger partial charge in [0.1, 0.15) is 5.82 Å². The largest absolute Gasteiger partial charge is 0.378 e. The van der Waals surface area contributed by atoms with Crippen LogP contribution in [0, 0.1) is 18.7 Å². The molecule has 8 nitrogen and oxygen atoms in total. The summed E-state index contributed by atoms with van der Waals surface area (Å²) >= 11 is 0. The van der Waals surface area contributed by atoms with E-state index in [4.69, 9.17) is 10.5 Å². The number of aromatic nitrogens is 4. The number of benzene rings is 1. The number of aryl methyl sites for hydroxylation is 2. The number of methoxy groups -OCH3 is 1. The van der Waals surface area contributed by atoms with Crippen LogP contribution in [0.1, 0.15) is 40.3 Å². The van der Waals surface area contributed by atoms with Crippen molar-refractivity contribution in [1.29, 1.82) is 0 Å². The summed E-state index contributed by atoms with van der Waals surface area (Å²) in [7, 11) is 3.29. The van der Waals surface area contributed by atoms with E-state index >= 15 is 4.39 Å². The SMILES string of the molecule is COCc1ccc(-c2cc3c(NC(C)c4nn(C)cc4C)c(C(N)=O)cnc3cc2F)c(F)n1. The number of nitrogens with zero attached hydrogens (tertiary/aromatic N) is 4. The zero-order valence-electron chi connectivity index (χ0n) is 19.2. The lowest BCUT2D eigenvalue weighted by atomic mass is 10.00. The Balaban J connectivity index is 1.88. The molecule has 34 heavy (non-hydrogen) atoms. The molecule has 1 atom stereocenters. The first-order valence-corrected chi connectivity index (χ1v) is 10.5. The van der Waals surface area contributed by atoms with Crippen LogP contribution in [0.4, 0.5) is 14.5 Å². The van der Waals surface area contributed by atoms with E-state index < -0.39 is 17.7 Å². The fraction of sp³-hybridized carbons (Fsp3) is 0.250. The minimum atomic E-state index is -0.834. The van der Waals surface area contributed by atoms with Crippen molar-refractivity contribution >= 4 is 22.5 Å². The van der Waals surface area contributed by atoms with Crippen molar-refractivity contribution in [3.63, 3.8) is 0 Å². The van der Waals surface area contributed by atoms with E-state index in [1.807, 2.05) is 27.1 Å². The van der Waals surface area contributed by atoms with E-state index in [9.17, 15) is 9.18 Å². The van der Waals surface area contributed by atoms with Gasteiger partial charge in [-0.15, -0.1) is 0 Å². The maximum atomic E-state index is 15.0. The molecule has 4 aromatic rings. The van der Waals surface area contributed by atoms with E-state index in [1.54, 1.807) is 10.7 Å². The number of nitrogens with one attached hydrogen (secondary N) is 1. The van der Waals surface area contributed by atoms with E-state index in [1.165, 1.54) is 31.5 Å². The standard InChI is InChI=1S/C24H24F2N6O2/c1-12-10-32(3)31-21(12)13(2)29-22-17-7-16(15-6-5-14(11-34-4)30-23(15)26)19(25)8-20(17)28-9-18(22)24(27)33/h5-10,13H,11H2,1-4H3,(H2,27,33)(H,28,29). The molecule has 0 saturated heterocycles. The number of fused-ring (bicyclic) bond motifs is 1. The molecule has 0 spiro atoms. The molecule has 0 aliphatic heterocycles. The van der Waals surface area contributed by atoms with Gasteiger partial charge in [0, 0.05) is 49.1 Å². The number of ether oxygens (including phenoxy) is 1. The van der Waals surface area contributed by atoms with E-state index in [2.05, 4.69) is 20.4 Å². The highest BCUT2D eigenvalue weighted by atomic mass is 19.1. The Morgan fingerprint density at radius 1 is 1.26 bits per heavy atom. The van der Waals surface area contributed by atoms with Crippen LogP contribution >= 0.6 is 0 Å². The van der Waals surface area contributed by atoms with Gasteiger partial charge in [0.2, 0.25) is 5.95 Å². The van der Waals surface area contributed by atoms with Gasteiger partial charge in [0.25, 0.3) is 5.91 Å². The second-order valence-electron chi connectivity index (χ2n) is 8.07. The number of anilines is 1. The van der Waals surface area contributed by atoms with Crippen molar-refractivity contribution in [2.45, 2.75) is 26.5 Å². The first kappa shape index (κ1) is 23.2. The first-order chi connectivity index (χ1) is 16.2. The molecule has 10 heteroatoms. The number of nitrogens with two attached hydrogens (primary N) is 1. The minimum Gasteiger partial charge on any atom is -0.378 e. The number of carbonyl (C=O) groups is 1. The number of carbonyl (C=O) groups excluding carboxylic acids is 1. The molecular formula is C24H24F2N6O2. The predicted molar refractivity (Wildman–Crippen MR) is 124 cm³/mol. The Bertz CT molecular complexity index is 1400. The molecule has 0 aliphatic rings. The molecule has 0 fully saturated rings. The molecule has 0 saturated carbocycles. The summed E-state index contributed by atoms with van der Waals surface area (Å²) in [6.07, 6.45) is 3.18. The Morgan fingerprint density at radius 3 is 2.65 bits per heavy atom. The average molecular weight is 466 g/mol. The number of hydrogen-bond donors (Lipinski definition) is 2. The zero-order chi connectivity index (χ0) is 24.6. The Hall–Kier alpha value is -3.92. The van der Waals surface area contributed by atoms with Crippen LogP contribution in [0.25, 0.3) is 22.0 Å². The fourth-order valence-corrected chi connectivity index (χ4v) is 4.00. The number of primary amides is 1. The van der Waals surface area contributed by atoms with Crippen LogP contribution < -0.4 is 11.1 Å². The lowest BCUT2D eigenvalue weighted by molar-refractivity contribution is 0.100. The lowest BCUT2D eigenvalue weighted by Crippen LogP contribution is -2.17. The molecule has 0 radical (unpaired) electrons. The van der Waals surface area contributed by atoms with Crippen LogP contribution in [0.5, 0.6) is 0 Å². The topological polar surface area (TPSA) is 108 Å². The number of pyridine rings is 2. The lowest BCUT2D eigenvalue weighted by Gasteiger charge is -2.19. The summed E-state index contributed by atoms with van der Waals surface area (Å²) in [5.41, 5.74) is 8.44. The number of halogens is 2. The maximum Gasteiger partial charge on any atom is 0.252 e. The molecule has 1 amide bonds. The summed E-state index contributed by atoms with van der Waals surface area (Å²) in [4.78, 5) is 20.2. The number of hydrogen-bond acceptors (Lipinski definition) is 6. The highest BCUT2D eigenvalue weighted by molar-refractivity contribution is 6.07. The van der Waals surface area contributed by atoms with Gasteiger partial charge in [-0.2, -0.15) is 9.49 Å². The monoisotopic (exact) mass is 466 g/mol. The summed E-state index contributed by atoms with van der Waals surface area (Å²) in [5.74, 6) is -2.21. The second kappa shape index (κ2) is 9.14. The predicted octanol–water partition coefficient (Wildman–Crippen LogP) is 4.04. The van der Waals surface area contributed by atoms with Crippen molar-refractivity contribution in [3.05, 3.63) is 70.9 Å². The van der Waals surface area contributed by atoms with Gasteiger partial charge in [-0.25, -0.2) is 9.37 Å². The third-order valence-electron chi connectivity index (χ3n) is 5.53. The average Bonchev–Trinajstić information content (AvgIpc) is 3.12. The van der Waals surface area contributed by atoms with Gasteiger partial charge in [-0.3, -0.25) is 14.5 Å². The molecular weight excluding hydrogens is 442 g/mol. The summed E-state index contributed by atoms with van der Waals surface area (Å²) in [6.45, 7) is 3.94. The molecule has 3 aromatic heterocycles. The Morgan fingerprint density at radius 2 is 2.03 bits per heavy atom. The van der Waals surface area contributed by atoms with Crippen LogP contribution in [-0.4, -0.2) is 32.8 Å². The van der Waals surface area contributed by atoms with Gasteiger partial charge in [0.05, 0.1) is 40.8 Å². The molecule has 0 bridgehead atoms. The zero-order valence-corrected chi connectivity index (χ0v) is 19.2. The minimum absolute atomic E-state index is 0.0189. The summed E-state index contributed by atoms with van der Waals surface area (Å²) < 4.78 is 36.5. The van der Waals surface area contributed by atoms with Crippen LogP contribution in [-0.2, 0) is 18.4 Å². The molecule has 1 aromatic carbocycles. The van der Waals surface area contributed by atoms with Gasteiger partial charge < -0.3 is 15.8 Å². The number of rotatable bonds is 7. The van der Waals surface area contributed by atoms with Crippen molar-refractivity contribution in [2.24, 2.45) is 12.8 Å². The fourth-order valence-electron chi connectivity index (χ4n) is 4.00.